The van der Waals surface area contributed by atoms with Crippen LogP contribution in [-0.4, -0.2) is 11.6 Å². The molecule has 0 radical (unpaired) electrons. The molecule has 0 saturated carbocycles. The Bertz CT molecular complexity index is 511. The van der Waals surface area contributed by atoms with Crippen molar-refractivity contribution in [3.63, 3.8) is 0 Å². The number of anilines is 1. The zero-order valence-electron chi connectivity index (χ0n) is 9.48. The summed E-state index contributed by atoms with van der Waals surface area (Å²) in [6.07, 6.45) is 3.24. The van der Waals surface area contributed by atoms with Crippen LogP contribution in [0.15, 0.2) is 36.7 Å². The molecule has 0 unspecified atom stereocenters. The molecule has 2 rings (SSSR count). The number of hydrogen-bond donors (Lipinski definition) is 1. The molecule has 1 aromatic carbocycles. The molecule has 0 atom stereocenters. The molecule has 2 N–H and O–H groups in total. The average Bonchev–Trinajstić information content (AvgIpc) is 2.34. The molecule has 88 valence electrons. The molecule has 0 aliphatic rings. The summed E-state index contributed by atoms with van der Waals surface area (Å²) in [5.74, 6) is 0.838. The second kappa shape index (κ2) is 5.06. The smallest absolute Gasteiger partial charge is 0.119 e. The van der Waals surface area contributed by atoms with Gasteiger partial charge >= 0.3 is 0 Å². The molecule has 17 heavy (non-hydrogen) atoms. The van der Waals surface area contributed by atoms with Crippen molar-refractivity contribution >= 4 is 17.3 Å². The summed E-state index contributed by atoms with van der Waals surface area (Å²) in [4.78, 5) is 4.04. The first-order valence-corrected chi connectivity index (χ1v) is 5.72. The molecule has 0 spiro atoms. The molecule has 0 aliphatic carbocycles. The van der Waals surface area contributed by atoms with Gasteiger partial charge in [-0.25, -0.2) is 0 Å². The molecule has 3 nitrogen and oxygen atoms in total. The van der Waals surface area contributed by atoms with Crippen LogP contribution >= 0.6 is 11.6 Å². The lowest BCUT2D eigenvalue weighted by Crippen LogP contribution is -1.94. The van der Waals surface area contributed by atoms with E-state index in [2.05, 4.69) is 4.98 Å². The summed E-state index contributed by atoms with van der Waals surface area (Å²) < 4.78 is 5.38. The van der Waals surface area contributed by atoms with Gasteiger partial charge in [0, 0.05) is 18.0 Å². The Balaban J connectivity index is 2.36. The van der Waals surface area contributed by atoms with Crippen molar-refractivity contribution < 1.29 is 4.74 Å². The monoisotopic (exact) mass is 248 g/mol. The van der Waals surface area contributed by atoms with Crippen LogP contribution in [0.3, 0.4) is 0 Å². The van der Waals surface area contributed by atoms with E-state index in [1.54, 1.807) is 6.20 Å². The van der Waals surface area contributed by atoms with Crippen LogP contribution < -0.4 is 10.5 Å². The molecule has 1 aromatic heterocycles. The van der Waals surface area contributed by atoms with Crippen LogP contribution in [0.4, 0.5) is 5.69 Å². The Labute approximate surface area is 105 Å². The van der Waals surface area contributed by atoms with Crippen LogP contribution in [0.1, 0.15) is 6.92 Å². The summed E-state index contributed by atoms with van der Waals surface area (Å²) in [7, 11) is 0. The van der Waals surface area contributed by atoms with E-state index in [0.717, 1.165) is 16.9 Å². The molecule has 0 bridgehead atoms. The normalized spacial score (nSPS) is 10.2. The van der Waals surface area contributed by atoms with Gasteiger partial charge in [0.1, 0.15) is 5.75 Å². The lowest BCUT2D eigenvalue weighted by molar-refractivity contribution is 0.340. The van der Waals surface area contributed by atoms with Gasteiger partial charge in [-0.05, 0) is 24.6 Å². The predicted molar refractivity (Wildman–Crippen MR) is 70.3 cm³/mol. The summed E-state index contributed by atoms with van der Waals surface area (Å²) in [5, 5.41) is 0.469. The topological polar surface area (TPSA) is 48.1 Å². The number of pyridine rings is 1. The third kappa shape index (κ3) is 2.50. The summed E-state index contributed by atoms with van der Waals surface area (Å²) in [5.41, 5.74) is 8.26. The number of nitrogens with two attached hydrogens (primary N) is 1. The van der Waals surface area contributed by atoms with Gasteiger partial charge in [-0.1, -0.05) is 23.7 Å². The van der Waals surface area contributed by atoms with E-state index in [4.69, 9.17) is 22.1 Å². The number of halogens is 1. The largest absolute Gasteiger partial charge is 0.494 e. The molecule has 1 heterocycles. The first-order chi connectivity index (χ1) is 8.22. The van der Waals surface area contributed by atoms with Crippen molar-refractivity contribution in [1.82, 2.24) is 4.98 Å². The zero-order valence-corrected chi connectivity index (χ0v) is 10.2. The van der Waals surface area contributed by atoms with Gasteiger partial charge < -0.3 is 10.5 Å². The molecule has 0 fully saturated rings. The molecule has 2 aromatic rings. The number of nitrogen functional groups attached to an aromatic ring is 1. The third-order valence-electron chi connectivity index (χ3n) is 2.42. The second-order valence-corrected chi connectivity index (χ2v) is 3.95. The summed E-state index contributed by atoms with van der Waals surface area (Å²) in [6, 6.07) is 7.68. The first-order valence-electron chi connectivity index (χ1n) is 5.34. The van der Waals surface area contributed by atoms with Crippen molar-refractivity contribution in [2.75, 3.05) is 12.3 Å². The average molecular weight is 249 g/mol. The molecular weight excluding hydrogens is 236 g/mol. The molecule has 0 aliphatic heterocycles. The fourth-order valence-corrected chi connectivity index (χ4v) is 1.73. The highest BCUT2D eigenvalue weighted by Gasteiger charge is 2.06. The van der Waals surface area contributed by atoms with E-state index >= 15 is 0 Å². The number of aromatic nitrogens is 1. The van der Waals surface area contributed by atoms with Gasteiger partial charge in [0.05, 0.1) is 17.3 Å². The Kier molecular flexibility index (Phi) is 3.49. The molecule has 0 amide bonds. The van der Waals surface area contributed by atoms with Crippen LogP contribution in [0, 0.1) is 0 Å². The number of ether oxygens (including phenoxy) is 1. The Morgan fingerprint density at radius 3 is 2.59 bits per heavy atom. The fraction of sp³-hybridized carbons (Fsp3) is 0.154. The first kappa shape index (κ1) is 11.7. The Morgan fingerprint density at radius 1 is 1.24 bits per heavy atom. The van der Waals surface area contributed by atoms with Gasteiger partial charge in [-0.15, -0.1) is 0 Å². The van der Waals surface area contributed by atoms with Gasteiger partial charge in [-0.3, -0.25) is 4.98 Å². The van der Waals surface area contributed by atoms with Gasteiger partial charge in [0.15, 0.2) is 0 Å². The van der Waals surface area contributed by atoms with Crippen LogP contribution in [0.2, 0.25) is 5.02 Å². The standard InChI is InChI=1S/C13H13ClN2O/c1-2-17-10-5-3-9(4-6-10)11-7-16-8-12(14)13(11)15/h3-8H,2H2,1H3,(H2,15,16). The van der Waals surface area contributed by atoms with Gasteiger partial charge in [0.2, 0.25) is 0 Å². The Morgan fingerprint density at radius 2 is 1.94 bits per heavy atom. The van der Waals surface area contributed by atoms with Crippen molar-refractivity contribution in [3.05, 3.63) is 41.7 Å². The lowest BCUT2D eigenvalue weighted by atomic mass is 10.1. The minimum atomic E-state index is 0.469. The minimum Gasteiger partial charge on any atom is -0.494 e. The third-order valence-corrected chi connectivity index (χ3v) is 2.72. The number of nitrogens with zero attached hydrogens (tertiary/aromatic N) is 1. The minimum absolute atomic E-state index is 0.469. The van der Waals surface area contributed by atoms with Crippen LogP contribution in [0.25, 0.3) is 11.1 Å². The summed E-state index contributed by atoms with van der Waals surface area (Å²) in [6.45, 7) is 2.60. The fourth-order valence-electron chi connectivity index (χ4n) is 1.57. The SMILES string of the molecule is CCOc1ccc(-c2cncc(Cl)c2N)cc1. The second-order valence-electron chi connectivity index (χ2n) is 3.54. The highest BCUT2D eigenvalue weighted by molar-refractivity contribution is 6.33. The highest BCUT2D eigenvalue weighted by Crippen LogP contribution is 2.31. The van der Waals surface area contributed by atoms with Gasteiger partial charge in [-0.2, -0.15) is 0 Å². The number of benzene rings is 1. The highest BCUT2D eigenvalue weighted by atomic mass is 35.5. The quantitative estimate of drug-likeness (QED) is 0.906. The maximum atomic E-state index is 5.93. The van der Waals surface area contributed by atoms with Crippen molar-refractivity contribution in [2.45, 2.75) is 6.92 Å². The van der Waals surface area contributed by atoms with E-state index < -0.39 is 0 Å². The number of hydrogen-bond acceptors (Lipinski definition) is 3. The maximum absolute atomic E-state index is 5.93. The molecule has 0 saturated heterocycles. The maximum Gasteiger partial charge on any atom is 0.119 e. The van der Waals surface area contributed by atoms with E-state index in [9.17, 15) is 0 Å². The van der Waals surface area contributed by atoms with Crippen LogP contribution in [0.5, 0.6) is 5.75 Å². The van der Waals surface area contributed by atoms with Crippen LogP contribution in [-0.2, 0) is 0 Å². The molecule has 4 heteroatoms. The lowest BCUT2D eigenvalue weighted by Gasteiger charge is -2.08. The van der Waals surface area contributed by atoms with E-state index in [1.165, 1.54) is 6.20 Å². The van der Waals surface area contributed by atoms with E-state index in [1.807, 2.05) is 31.2 Å². The summed E-state index contributed by atoms with van der Waals surface area (Å²) >= 11 is 5.93. The van der Waals surface area contributed by atoms with E-state index in [0.29, 0.717) is 17.3 Å². The van der Waals surface area contributed by atoms with E-state index in [-0.39, 0.29) is 0 Å². The van der Waals surface area contributed by atoms with Crippen molar-refractivity contribution in [2.24, 2.45) is 0 Å². The van der Waals surface area contributed by atoms with Crippen molar-refractivity contribution in [1.29, 1.82) is 0 Å². The molecular formula is C13H13ClN2O. The zero-order chi connectivity index (χ0) is 12.3. The van der Waals surface area contributed by atoms with Gasteiger partial charge in [0.25, 0.3) is 0 Å². The predicted octanol–water partition coefficient (Wildman–Crippen LogP) is 3.38. The number of rotatable bonds is 3. The van der Waals surface area contributed by atoms with Crippen molar-refractivity contribution in [3.8, 4) is 16.9 Å². The Hall–Kier alpha value is -1.74.